The van der Waals surface area contributed by atoms with Crippen molar-refractivity contribution in [3.63, 3.8) is 0 Å². The minimum absolute atomic E-state index is 0.0257. The van der Waals surface area contributed by atoms with Crippen molar-refractivity contribution in [2.45, 2.75) is 31.1 Å². The average molecular weight is 506 g/mol. The van der Waals surface area contributed by atoms with Crippen LogP contribution in [0.3, 0.4) is 0 Å². The fourth-order valence-corrected chi connectivity index (χ4v) is 5.28. The number of aldehydes is 1. The smallest absolute Gasteiger partial charge is 0.327 e. The molecule has 2 atom stereocenters. The summed E-state index contributed by atoms with van der Waals surface area (Å²) >= 11 is 0. The first-order valence-corrected chi connectivity index (χ1v) is 12.7. The third kappa shape index (κ3) is 4.72. The minimum Gasteiger partial charge on any atom is -0.489 e. The molecular formula is C32H27NO5. The zero-order valence-electron chi connectivity index (χ0n) is 20.7. The van der Waals surface area contributed by atoms with Gasteiger partial charge in [0.25, 0.3) is 0 Å². The number of cyclic esters (lactones) is 1. The van der Waals surface area contributed by atoms with E-state index in [0.29, 0.717) is 13.0 Å². The Morgan fingerprint density at radius 2 is 1.45 bits per heavy atom. The molecule has 0 bridgehead atoms. The van der Waals surface area contributed by atoms with Crippen LogP contribution < -0.4 is 4.74 Å². The monoisotopic (exact) mass is 505 g/mol. The second-order valence-electron chi connectivity index (χ2n) is 9.51. The largest absolute Gasteiger partial charge is 0.489 e. The van der Waals surface area contributed by atoms with Gasteiger partial charge >= 0.3 is 5.97 Å². The topological polar surface area (TPSA) is 65.1 Å². The minimum atomic E-state index is -0.800. The molecule has 0 spiro atoms. The second-order valence-corrected chi connectivity index (χ2v) is 9.51. The normalized spacial score (nSPS) is 17.5. The molecule has 1 aliphatic heterocycles. The molecule has 6 heteroatoms. The van der Waals surface area contributed by atoms with Crippen molar-refractivity contribution in [2.75, 3.05) is 6.73 Å². The van der Waals surface area contributed by atoms with E-state index in [1.54, 1.807) is 0 Å². The number of benzene rings is 4. The lowest BCUT2D eigenvalue weighted by molar-refractivity contribution is -0.213. The number of nitrogens with zero attached hydrogens (tertiary/aromatic N) is 1. The first-order valence-electron chi connectivity index (χ1n) is 12.7. The van der Waals surface area contributed by atoms with Crippen LogP contribution in [0.5, 0.6) is 5.75 Å². The quantitative estimate of drug-likeness (QED) is 0.227. The summed E-state index contributed by atoms with van der Waals surface area (Å²) in [5, 5.41) is 1.50. The highest BCUT2D eigenvalue weighted by Crippen LogP contribution is 2.46. The van der Waals surface area contributed by atoms with Crippen LogP contribution in [0, 0.1) is 0 Å². The van der Waals surface area contributed by atoms with Crippen LogP contribution in [0.4, 0.5) is 0 Å². The molecule has 1 saturated heterocycles. The zero-order valence-corrected chi connectivity index (χ0v) is 20.7. The van der Waals surface area contributed by atoms with Crippen LogP contribution in [-0.4, -0.2) is 36.2 Å². The van der Waals surface area contributed by atoms with E-state index in [4.69, 9.17) is 14.3 Å². The van der Waals surface area contributed by atoms with Crippen LogP contribution in [0.1, 0.15) is 28.2 Å². The summed E-state index contributed by atoms with van der Waals surface area (Å²) in [5.74, 6) is 0.114. The molecule has 1 unspecified atom stereocenters. The number of hydrogen-bond acceptors (Lipinski definition) is 6. The number of hydrogen-bond donors (Lipinski definition) is 0. The molecule has 0 aromatic heterocycles. The van der Waals surface area contributed by atoms with Gasteiger partial charge in [0.15, 0.2) is 13.0 Å². The molecule has 1 fully saturated rings. The van der Waals surface area contributed by atoms with Gasteiger partial charge in [-0.05, 0) is 45.5 Å². The van der Waals surface area contributed by atoms with Crippen molar-refractivity contribution < 1.29 is 23.9 Å². The van der Waals surface area contributed by atoms with Crippen LogP contribution in [0.2, 0.25) is 0 Å². The Hall–Kier alpha value is -4.26. The van der Waals surface area contributed by atoms with Crippen LogP contribution in [0.15, 0.2) is 103 Å². The molecule has 6 rings (SSSR count). The van der Waals surface area contributed by atoms with Crippen LogP contribution in [-0.2, 0) is 32.2 Å². The van der Waals surface area contributed by atoms with Crippen molar-refractivity contribution in [3.05, 3.63) is 125 Å². The van der Waals surface area contributed by atoms with Gasteiger partial charge in [0.2, 0.25) is 0 Å². The van der Waals surface area contributed by atoms with E-state index in [9.17, 15) is 9.59 Å². The van der Waals surface area contributed by atoms with E-state index in [0.717, 1.165) is 45.4 Å². The average Bonchev–Trinajstić information content (AvgIpc) is 3.49. The van der Waals surface area contributed by atoms with Crippen molar-refractivity contribution in [1.29, 1.82) is 0 Å². The number of hydroxylamine groups is 2. The molecule has 190 valence electrons. The standard InChI is InChI=1S/C32H27NO5/c34-19-30(31-27-12-6-4-10-25(27)26-11-5-7-13-28(26)31)38-33-21-37-32(35)29(33)18-22-14-16-24(17-15-22)36-20-23-8-2-1-3-9-23/h1-17,19,29-31H,18,20-21H2/t29-,30?/m0/s1. The Kier molecular flexibility index (Phi) is 6.73. The number of carbonyl (C=O) groups is 2. The Morgan fingerprint density at radius 3 is 2.11 bits per heavy atom. The van der Waals surface area contributed by atoms with Gasteiger partial charge < -0.3 is 14.3 Å². The molecular weight excluding hydrogens is 478 g/mol. The summed E-state index contributed by atoms with van der Waals surface area (Å²) in [4.78, 5) is 31.2. The molecule has 1 heterocycles. The highest BCUT2D eigenvalue weighted by molar-refractivity contribution is 5.81. The SMILES string of the molecule is O=CC(ON1COC(=O)[C@@H]1Cc1ccc(OCc2ccccc2)cc1)C1c2ccccc2-c2ccccc21. The molecule has 0 amide bonds. The maximum atomic E-state index is 12.6. The molecule has 6 nitrogen and oxygen atoms in total. The lowest BCUT2D eigenvalue weighted by Crippen LogP contribution is -2.40. The third-order valence-electron chi connectivity index (χ3n) is 7.16. The Morgan fingerprint density at radius 1 is 0.816 bits per heavy atom. The third-order valence-corrected chi connectivity index (χ3v) is 7.16. The molecule has 2 aliphatic rings. The molecule has 0 N–H and O–H groups in total. The number of ether oxygens (including phenoxy) is 2. The van der Waals surface area contributed by atoms with Crippen LogP contribution in [0.25, 0.3) is 11.1 Å². The van der Waals surface area contributed by atoms with Gasteiger partial charge in [0.05, 0.1) is 0 Å². The van der Waals surface area contributed by atoms with Crippen molar-refractivity contribution in [3.8, 4) is 16.9 Å². The van der Waals surface area contributed by atoms with E-state index < -0.39 is 12.1 Å². The lowest BCUT2D eigenvalue weighted by atomic mass is 9.92. The zero-order chi connectivity index (χ0) is 25.9. The molecule has 1 aliphatic carbocycles. The number of rotatable bonds is 9. The molecule has 0 radical (unpaired) electrons. The van der Waals surface area contributed by atoms with Gasteiger partial charge in [0, 0.05) is 12.3 Å². The summed E-state index contributed by atoms with van der Waals surface area (Å²) in [6.07, 6.45) is 0.411. The first kappa shape index (κ1) is 24.1. The lowest BCUT2D eigenvalue weighted by Gasteiger charge is -2.27. The summed E-state index contributed by atoms with van der Waals surface area (Å²) in [6, 6.07) is 33.1. The van der Waals surface area contributed by atoms with Gasteiger partial charge in [-0.2, -0.15) is 0 Å². The second kappa shape index (κ2) is 10.6. The molecule has 4 aromatic carbocycles. The van der Waals surface area contributed by atoms with E-state index in [2.05, 4.69) is 12.1 Å². The predicted octanol–water partition coefficient (Wildman–Crippen LogP) is 5.30. The fourth-order valence-electron chi connectivity index (χ4n) is 5.28. The van der Waals surface area contributed by atoms with E-state index >= 15 is 0 Å². The first-order chi connectivity index (χ1) is 18.7. The van der Waals surface area contributed by atoms with E-state index in [1.807, 2.05) is 91.0 Å². The van der Waals surface area contributed by atoms with Gasteiger partial charge in [-0.1, -0.05) is 91.0 Å². The predicted molar refractivity (Wildman–Crippen MR) is 142 cm³/mol. The Labute approximate surface area is 221 Å². The molecule has 4 aromatic rings. The fraction of sp³-hybridized carbons (Fsp3) is 0.188. The summed E-state index contributed by atoms with van der Waals surface area (Å²) < 4.78 is 11.2. The highest BCUT2D eigenvalue weighted by Gasteiger charge is 2.41. The van der Waals surface area contributed by atoms with Gasteiger partial charge in [-0.3, -0.25) is 9.63 Å². The number of carbonyl (C=O) groups excluding carboxylic acids is 2. The van der Waals surface area contributed by atoms with Gasteiger partial charge in [0.1, 0.15) is 24.5 Å². The maximum absolute atomic E-state index is 12.6. The number of esters is 1. The van der Waals surface area contributed by atoms with Crippen molar-refractivity contribution in [1.82, 2.24) is 5.06 Å². The molecule has 38 heavy (non-hydrogen) atoms. The number of fused-ring (bicyclic) bond motifs is 3. The summed E-state index contributed by atoms with van der Waals surface area (Å²) in [6.45, 7) is 0.458. The van der Waals surface area contributed by atoms with Gasteiger partial charge in [-0.25, -0.2) is 0 Å². The summed E-state index contributed by atoms with van der Waals surface area (Å²) in [5.41, 5.74) is 6.32. The van der Waals surface area contributed by atoms with Crippen molar-refractivity contribution in [2.24, 2.45) is 0 Å². The van der Waals surface area contributed by atoms with Crippen LogP contribution >= 0.6 is 0 Å². The van der Waals surface area contributed by atoms with Gasteiger partial charge in [-0.15, -0.1) is 5.06 Å². The van der Waals surface area contributed by atoms with E-state index in [1.165, 1.54) is 5.06 Å². The highest BCUT2D eigenvalue weighted by atomic mass is 16.7. The maximum Gasteiger partial charge on any atom is 0.327 e. The van der Waals surface area contributed by atoms with Crippen molar-refractivity contribution >= 4 is 12.3 Å². The summed E-state index contributed by atoms with van der Waals surface area (Å²) in [7, 11) is 0. The Bertz CT molecular complexity index is 1390. The Balaban J connectivity index is 1.16. The molecule has 0 saturated carbocycles. The van der Waals surface area contributed by atoms with E-state index in [-0.39, 0.29) is 18.6 Å².